The van der Waals surface area contributed by atoms with Crippen molar-refractivity contribution in [2.45, 2.75) is 11.8 Å². The lowest BCUT2D eigenvalue weighted by molar-refractivity contribution is 1.43. The molecule has 0 aliphatic heterocycles. The summed E-state index contributed by atoms with van der Waals surface area (Å²) in [6.45, 7) is 2.13. The van der Waals surface area contributed by atoms with E-state index in [0.717, 1.165) is 5.02 Å². The van der Waals surface area contributed by atoms with Gasteiger partial charge in [0.05, 0.1) is 5.02 Å². The third-order valence-corrected chi connectivity index (χ3v) is 4.37. The van der Waals surface area contributed by atoms with Gasteiger partial charge in [0.25, 0.3) is 0 Å². The molecule has 13 heavy (non-hydrogen) atoms. The first-order valence-electron chi connectivity index (χ1n) is 3.94. The summed E-state index contributed by atoms with van der Waals surface area (Å²) in [5.74, 6) is 0. The maximum atomic E-state index is 6.24. The summed E-state index contributed by atoms with van der Waals surface area (Å²) >= 11 is 9.69. The van der Waals surface area contributed by atoms with Gasteiger partial charge in [-0.25, -0.2) is 0 Å². The Bertz CT molecular complexity index is 445. The predicted octanol–water partition coefficient (Wildman–Crippen LogP) is 4.59. The minimum Gasteiger partial charge on any atom is -0.143 e. The number of aryl methyl sites for hydroxylation is 1. The van der Waals surface area contributed by atoms with Gasteiger partial charge in [0.1, 0.15) is 0 Å². The smallest absolute Gasteiger partial charge is 0.0628 e. The molecule has 0 nitrogen and oxygen atoms in total. The van der Waals surface area contributed by atoms with Crippen molar-refractivity contribution >= 4 is 44.8 Å². The fourth-order valence-electron chi connectivity index (χ4n) is 1.39. The van der Waals surface area contributed by atoms with Gasteiger partial charge < -0.3 is 0 Å². The fourth-order valence-corrected chi connectivity index (χ4v) is 3.36. The van der Waals surface area contributed by atoms with Crippen molar-refractivity contribution in [3.05, 3.63) is 28.1 Å². The molecule has 0 unspecified atom stereocenters. The number of benzene rings is 1. The summed E-state index contributed by atoms with van der Waals surface area (Å²) in [6.07, 6.45) is 2.05. The second-order valence-electron chi connectivity index (χ2n) is 2.87. The van der Waals surface area contributed by atoms with Crippen LogP contribution in [0, 0.1) is 6.92 Å². The van der Waals surface area contributed by atoms with Gasteiger partial charge in [0.15, 0.2) is 0 Å². The molecule has 0 aliphatic carbocycles. The standard InChI is InChI=1S/C10H9ClS2/c1-6-5-8(12-2)9(11)7-3-4-13-10(6)7/h3-5H,1-2H3. The van der Waals surface area contributed by atoms with E-state index in [4.69, 9.17) is 11.6 Å². The lowest BCUT2D eigenvalue weighted by Gasteiger charge is -2.04. The van der Waals surface area contributed by atoms with Gasteiger partial charge in [0.2, 0.25) is 0 Å². The highest BCUT2D eigenvalue weighted by Gasteiger charge is 2.08. The van der Waals surface area contributed by atoms with Gasteiger partial charge in [-0.3, -0.25) is 0 Å². The fraction of sp³-hybridized carbons (Fsp3) is 0.200. The number of fused-ring (bicyclic) bond motifs is 1. The number of rotatable bonds is 1. The summed E-state index contributed by atoms with van der Waals surface area (Å²) < 4.78 is 1.31. The van der Waals surface area contributed by atoms with Crippen LogP contribution in [0.5, 0.6) is 0 Å². The Morgan fingerprint density at radius 1 is 1.46 bits per heavy atom. The third-order valence-electron chi connectivity index (χ3n) is 2.04. The first-order chi connectivity index (χ1) is 6.24. The molecule has 1 heterocycles. The Balaban J connectivity index is 2.85. The first kappa shape index (κ1) is 9.38. The third kappa shape index (κ3) is 1.47. The van der Waals surface area contributed by atoms with Crippen molar-refractivity contribution in [3.8, 4) is 0 Å². The molecule has 0 fully saturated rings. The van der Waals surface area contributed by atoms with Crippen LogP contribution in [0.25, 0.3) is 10.1 Å². The highest BCUT2D eigenvalue weighted by atomic mass is 35.5. The number of hydrogen-bond acceptors (Lipinski definition) is 2. The highest BCUT2D eigenvalue weighted by molar-refractivity contribution is 7.98. The molecule has 68 valence electrons. The van der Waals surface area contributed by atoms with Crippen LogP contribution < -0.4 is 0 Å². The molecule has 3 heteroatoms. The molecule has 0 bridgehead atoms. The van der Waals surface area contributed by atoms with Crippen molar-refractivity contribution in [2.24, 2.45) is 0 Å². The largest absolute Gasteiger partial charge is 0.143 e. The average molecular weight is 229 g/mol. The molecular weight excluding hydrogens is 220 g/mol. The Morgan fingerprint density at radius 2 is 2.23 bits per heavy atom. The molecule has 0 radical (unpaired) electrons. The van der Waals surface area contributed by atoms with E-state index in [0.29, 0.717) is 0 Å². The zero-order valence-corrected chi connectivity index (χ0v) is 9.82. The maximum absolute atomic E-state index is 6.24. The zero-order chi connectivity index (χ0) is 9.42. The lowest BCUT2D eigenvalue weighted by Crippen LogP contribution is -1.78. The molecule has 0 amide bonds. The molecule has 0 saturated carbocycles. The summed E-state index contributed by atoms with van der Waals surface area (Å²) in [4.78, 5) is 1.17. The van der Waals surface area contributed by atoms with E-state index in [-0.39, 0.29) is 0 Å². The molecule has 0 spiro atoms. The van der Waals surface area contributed by atoms with Crippen LogP contribution in [0.3, 0.4) is 0 Å². The number of hydrogen-bond donors (Lipinski definition) is 0. The lowest BCUT2D eigenvalue weighted by atomic mass is 10.2. The Kier molecular flexibility index (Phi) is 2.54. The van der Waals surface area contributed by atoms with Crippen LogP contribution in [0.15, 0.2) is 22.4 Å². The van der Waals surface area contributed by atoms with E-state index >= 15 is 0 Å². The van der Waals surface area contributed by atoms with Gasteiger partial charge >= 0.3 is 0 Å². The van der Waals surface area contributed by atoms with Gasteiger partial charge in [-0.05, 0) is 36.3 Å². The molecule has 0 saturated heterocycles. The Morgan fingerprint density at radius 3 is 2.92 bits per heavy atom. The van der Waals surface area contributed by atoms with Crippen molar-refractivity contribution in [1.82, 2.24) is 0 Å². The number of halogens is 1. The topological polar surface area (TPSA) is 0 Å². The van der Waals surface area contributed by atoms with Crippen LogP contribution >= 0.6 is 34.7 Å². The van der Waals surface area contributed by atoms with Crippen LogP contribution in [-0.2, 0) is 0 Å². The second-order valence-corrected chi connectivity index (χ2v) is 5.02. The van der Waals surface area contributed by atoms with Crippen molar-refractivity contribution in [1.29, 1.82) is 0 Å². The zero-order valence-electron chi connectivity index (χ0n) is 7.43. The number of thiophene rings is 1. The maximum Gasteiger partial charge on any atom is 0.0628 e. The predicted molar refractivity (Wildman–Crippen MR) is 63.4 cm³/mol. The van der Waals surface area contributed by atoms with Crippen molar-refractivity contribution < 1.29 is 0 Å². The molecular formula is C10H9ClS2. The van der Waals surface area contributed by atoms with E-state index in [9.17, 15) is 0 Å². The monoisotopic (exact) mass is 228 g/mol. The summed E-state index contributed by atoms with van der Waals surface area (Å²) in [7, 11) is 0. The van der Waals surface area contributed by atoms with E-state index in [1.165, 1.54) is 20.5 Å². The molecule has 2 aromatic rings. The number of thioether (sulfide) groups is 1. The molecule has 1 aromatic carbocycles. The minimum atomic E-state index is 0.898. The molecule has 2 rings (SSSR count). The van der Waals surface area contributed by atoms with E-state index < -0.39 is 0 Å². The SMILES string of the molecule is CSc1cc(C)c2sccc2c1Cl. The highest BCUT2D eigenvalue weighted by Crippen LogP contribution is 2.37. The first-order valence-corrected chi connectivity index (χ1v) is 6.42. The average Bonchev–Trinajstić information content (AvgIpc) is 2.60. The van der Waals surface area contributed by atoms with Crippen LogP contribution in [-0.4, -0.2) is 6.26 Å². The molecule has 0 N–H and O–H groups in total. The van der Waals surface area contributed by atoms with Crippen LogP contribution in [0.1, 0.15) is 5.56 Å². The van der Waals surface area contributed by atoms with Gasteiger partial charge in [-0.2, -0.15) is 0 Å². The van der Waals surface area contributed by atoms with E-state index in [2.05, 4.69) is 30.7 Å². The van der Waals surface area contributed by atoms with Crippen molar-refractivity contribution in [2.75, 3.05) is 6.26 Å². The Hall–Kier alpha value is -0.180. The Labute approximate surface area is 90.9 Å². The molecule has 0 atom stereocenters. The van der Waals surface area contributed by atoms with Crippen molar-refractivity contribution in [3.63, 3.8) is 0 Å². The van der Waals surface area contributed by atoms with Crippen LogP contribution in [0.4, 0.5) is 0 Å². The van der Waals surface area contributed by atoms with Gasteiger partial charge in [0, 0.05) is 15.0 Å². The second kappa shape index (κ2) is 3.52. The summed E-state index contributed by atoms with van der Waals surface area (Å²) in [5, 5.41) is 4.18. The van der Waals surface area contributed by atoms with E-state index in [1.807, 2.05) is 0 Å². The van der Waals surface area contributed by atoms with Gasteiger partial charge in [-0.1, -0.05) is 11.6 Å². The van der Waals surface area contributed by atoms with E-state index in [1.54, 1.807) is 23.1 Å². The normalized spacial score (nSPS) is 11.0. The summed E-state index contributed by atoms with van der Waals surface area (Å²) in [6, 6.07) is 4.25. The molecule has 1 aromatic heterocycles. The quantitative estimate of drug-likeness (QED) is 0.644. The minimum absolute atomic E-state index is 0.898. The summed E-state index contributed by atoms with van der Waals surface area (Å²) in [5.41, 5.74) is 1.32. The molecule has 0 aliphatic rings. The van der Waals surface area contributed by atoms with Crippen LogP contribution in [0.2, 0.25) is 5.02 Å². The van der Waals surface area contributed by atoms with Gasteiger partial charge in [-0.15, -0.1) is 23.1 Å².